The molecule has 0 saturated carbocycles. The number of rotatable bonds is 4. The normalized spacial score (nSPS) is 11.0. The van der Waals surface area contributed by atoms with Crippen LogP contribution in [0.2, 0.25) is 0 Å². The predicted octanol–water partition coefficient (Wildman–Crippen LogP) is 3.08. The Kier molecular flexibility index (Phi) is 3.67. The predicted molar refractivity (Wildman–Crippen MR) is 93.9 cm³/mol. The van der Waals surface area contributed by atoms with Crippen molar-refractivity contribution in [1.82, 2.24) is 20.3 Å². The maximum atomic E-state index is 12.4. The van der Waals surface area contributed by atoms with E-state index in [0.717, 1.165) is 27.8 Å². The van der Waals surface area contributed by atoms with Crippen LogP contribution in [0.15, 0.2) is 60.8 Å². The first-order valence-electron chi connectivity index (χ1n) is 7.87. The summed E-state index contributed by atoms with van der Waals surface area (Å²) in [4.78, 5) is 24.5. The molecule has 1 amide bonds. The largest absolute Gasteiger partial charge is 0.352 e. The molecule has 0 aliphatic carbocycles. The fourth-order valence-corrected chi connectivity index (χ4v) is 2.80. The van der Waals surface area contributed by atoms with Gasteiger partial charge in [0, 0.05) is 24.5 Å². The Hall–Kier alpha value is -3.21. The van der Waals surface area contributed by atoms with Crippen LogP contribution in [-0.2, 0) is 6.42 Å². The molecule has 118 valence electrons. The third kappa shape index (κ3) is 2.72. The minimum Gasteiger partial charge on any atom is -0.352 e. The van der Waals surface area contributed by atoms with Gasteiger partial charge in [0.1, 0.15) is 5.82 Å². The van der Waals surface area contributed by atoms with Crippen LogP contribution < -0.4 is 5.32 Å². The lowest BCUT2D eigenvalue weighted by Crippen LogP contribution is -2.26. The van der Waals surface area contributed by atoms with Gasteiger partial charge in [-0.3, -0.25) is 9.78 Å². The highest BCUT2D eigenvalue weighted by Crippen LogP contribution is 2.15. The molecular formula is C19H16N4O. The smallest absolute Gasteiger partial charge is 0.253 e. The standard InChI is InChI=1S/C19H16N4O/c24-19(14-7-3-5-13-6-4-11-20-18(13)14)21-12-10-17-22-15-8-1-2-9-16(15)23-17/h1-9,11H,10,12H2,(H,21,24)(H,22,23). The molecule has 0 fully saturated rings. The molecule has 5 heteroatoms. The number of benzene rings is 2. The van der Waals surface area contributed by atoms with E-state index < -0.39 is 0 Å². The summed E-state index contributed by atoms with van der Waals surface area (Å²) in [6.07, 6.45) is 2.35. The van der Waals surface area contributed by atoms with Crippen LogP contribution in [0.25, 0.3) is 21.9 Å². The summed E-state index contributed by atoms with van der Waals surface area (Å²) in [6, 6.07) is 17.3. The summed E-state index contributed by atoms with van der Waals surface area (Å²) >= 11 is 0. The van der Waals surface area contributed by atoms with Gasteiger partial charge in [-0.05, 0) is 24.3 Å². The van der Waals surface area contributed by atoms with Gasteiger partial charge >= 0.3 is 0 Å². The Bertz CT molecular complexity index is 984. The Labute approximate surface area is 138 Å². The van der Waals surface area contributed by atoms with E-state index in [1.807, 2.05) is 48.5 Å². The molecule has 2 aromatic heterocycles. The number of aromatic nitrogens is 3. The number of carbonyl (C=O) groups excluding carboxylic acids is 1. The van der Waals surface area contributed by atoms with Crippen LogP contribution in [-0.4, -0.2) is 27.4 Å². The molecule has 0 saturated heterocycles. The summed E-state index contributed by atoms with van der Waals surface area (Å²) < 4.78 is 0. The van der Waals surface area contributed by atoms with Crippen molar-refractivity contribution in [3.05, 3.63) is 72.2 Å². The van der Waals surface area contributed by atoms with E-state index in [4.69, 9.17) is 0 Å². The molecule has 4 aromatic rings. The minimum atomic E-state index is -0.115. The molecule has 0 unspecified atom stereocenters. The lowest BCUT2D eigenvalue weighted by atomic mass is 10.1. The number of amides is 1. The average Bonchev–Trinajstić information content (AvgIpc) is 3.04. The van der Waals surface area contributed by atoms with Gasteiger partial charge in [0.25, 0.3) is 5.91 Å². The van der Waals surface area contributed by atoms with Gasteiger partial charge in [-0.1, -0.05) is 30.3 Å². The summed E-state index contributed by atoms with van der Waals surface area (Å²) in [5.41, 5.74) is 3.27. The summed E-state index contributed by atoms with van der Waals surface area (Å²) in [5.74, 6) is 0.753. The second-order valence-corrected chi connectivity index (χ2v) is 5.59. The Morgan fingerprint density at radius 2 is 1.92 bits per heavy atom. The first kappa shape index (κ1) is 14.4. The van der Waals surface area contributed by atoms with E-state index in [2.05, 4.69) is 20.3 Å². The molecule has 0 aliphatic heterocycles. The number of carbonyl (C=O) groups is 1. The number of fused-ring (bicyclic) bond motifs is 2. The second-order valence-electron chi connectivity index (χ2n) is 5.59. The van der Waals surface area contributed by atoms with Crippen molar-refractivity contribution in [3.8, 4) is 0 Å². The van der Waals surface area contributed by atoms with Crippen LogP contribution >= 0.6 is 0 Å². The molecule has 5 nitrogen and oxygen atoms in total. The molecular weight excluding hydrogens is 300 g/mol. The van der Waals surface area contributed by atoms with Crippen molar-refractivity contribution in [2.24, 2.45) is 0 Å². The van der Waals surface area contributed by atoms with Crippen molar-refractivity contribution in [2.75, 3.05) is 6.54 Å². The lowest BCUT2D eigenvalue weighted by Gasteiger charge is -2.06. The van der Waals surface area contributed by atoms with E-state index in [-0.39, 0.29) is 5.91 Å². The summed E-state index contributed by atoms with van der Waals surface area (Å²) in [5, 5.41) is 3.91. The SMILES string of the molecule is O=C(NCCc1nc2ccccc2[nH]1)c1cccc2cccnc12. The van der Waals surface area contributed by atoms with E-state index in [9.17, 15) is 4.79 Å². The number of nitrogens with zero attached hydrogens (tertiary/aromatic N) is 2. The summed E-state index contributed by atoms with van der Waals surface area (Å²) in [7, 11) is 0. The highest BCUT2D eigenvalue weighted by Gasteiger charge is 2.10. The first-order valence-corrected chi connectivity index (χ1v) is 7.87. The number of hydrogen-bond donors (Lipinski definition) is 2. The van der Waals surface area contributed by atoms with E-state index in [1.54, 1.807) is 12.3 Å². The van der Waals surface area contributed by atoms with E-state index in [0.29, 0.717) is 18.5 Å². The molecule has 24 heavy (non-hydrogen) atoms. The van der Waals surface area contributed by atoms with Crippen molar-refractivity contribution >= 4 is 27.8 Å². The Morgan fingerprint density at radius 1 is 1.04 bits per heavy atom. The number of imidazole rings is 1. The van der Waals surface area contributed by atoms with Gasteiger partial charge in [0.2, 0.25) is 0 Å². The maximum Gasteiger partial charge on any atom is 0.253 e. The molecule has 0 atom stereocenters. The third-order valence-corrected chi connectivity index (χ3v) is 3.96. The minimum absolute atomic E-state index is 0.115. The molecule has 0 radical (unpaired) electrons. The zero-order valence-electron chi connectivity index (χ0n) is 13.0. The number of nitrogens with one attached hydrogen (secondary N) is 2. The fraction of sp³-hybridized carbons (Fsp3) is 0.105. The Morgan fingerprint density at radius 3 is 2.83 bits per heavy atom. The molecule has 2 heterocycles. The van der Waals surface area contributed by atoms with Gasteiger partial charge in [-0.2, -0.15) is 0 Å². The van der Waals surface area contributed by atoms with Crippen molar-refractivity contribution < 1.29 is 4.79 Å². The van der Waals surface area contributed by atoms with Crippen LogP contribution in [0.5, 0.6) is 0 Å². The number of hydrogen-bond acceptors (Lipinski definition) is 3. The fourth-order valence-electron chi connectivity index (χ4n) is 2.80. The second kappa shape index (κ2) is 6.12. The van der Waals surface area contributed by atoms with Gasteiger partial charge in [-0.15, -0.1) is 0 Å². The van der Waals surface area contributed by atoms with E-state index >= 15 is 0 Å². The molecule has 0 bridgehead atoms. The number of para-hydroxylation sites is 3. The van der Waals surface area contributed by atoms with Crippen LogP contribution in [0.4, 0.5) is 0 Å². The number of aromatic amines is 1. The number of H-pyrrole nitrogens is 1. The van der Waals surface area contributed by atoms with Crippen molar-refractivity contribution in [1.29, 1.82) is 0 Å². The zero-order chi connectivity index (χ0) is 16.4. The third-order valence-electron chi connectivity index (χ3n) is 3.96. The molecule has 4 rings (SSSR count). The summed E-state index contributed by atoms with van der Waals surface area (Å²) in [6.45, 7) is 0.516. The quantitative estimate of drug-likeness (QED) is 0.608. The monoisotopic (exact) mass is 316 g/mol. The van der Waals surface area contributed by atoms with Crippen LogP contribution in [0, 0.1) is 0 Å². The van der Waals surface area contributed by atoms with Gasteiger partial charge < -0.3 is 10.3 Å². The van der Waals surface area contributed by atoms with Crippen LogP contribution in [0.3, 0.4) is 0 Å². The maximum absolute atomic E-state index is 12.4. The van der Waals surface area contributed by atoms with Crippen LogP contribution in [0.1, 0.15) is 16.2 Å². The zero-order valence-corrected chi connectivity index (χ0v) is 13.0. The molecule has 0 spiro atoms. The van der Waals surface area contributed by atoms with Crippen molar-refractivity contribution in [3.63, 3.8) is 0 Å². The molecule has 2 aromatic carbocycles. The van der Waals surface area contributed by atoms with Gasteiger partial charge in [0.15, 0.2) is 0 Å². The number of pyridine rings is 1. The molecule has 0 aliphatic rings. The van der Waals surface area contributed by atoms with Gasteiger partial charge in [0.05, 0.1) is 22.1 Å². The topological polar surface area (TPSA) is 70.7 Å². The van der Waals surface area contributed by atoms with Crippen molar-refractivity contribution in [2.45, 2.75) is 6.42 Å². The van der Waals surface area contributed by atoms with E-state index in [1.165, 1.54) is 0 Å². The highest BCUT2D eigenvalue weighted by molar-refractivity contribution is 6.05. The van der Waals surface area contributed by atoms with Gasteiger partial charge in [-0.25, -0.2) is 4.98 Å². The average molecular weight is 316 g/mol. The highest BCUT2D eigenvalue weighted by atomic mass is 16.1. The molecule has 2 N–H and O–H groups in total. The first-order chi connectivity index (χ1) is 11.8. The Balaban J connectivity index is 1.46. The lowest BCUT2D eigenvalue weighted by molar-refractivity contribution is 0.0955.